The molecule has 128 valence electrons. The third-order valence-corrected chi connectivity index (χ3v) is 5.60. The van der Waals surface area contributed by atoms with E-state index < -0.39 is 10.0 Å². The van der Waals surface area contributed by atoms with E-state index in [1.54, 1.807) is 37.5 Å². The summed E-state index contributed by atoms with van der Waals surface area (Å²) in [7, 11) is -3.55. The van der Waals surface area contributed by atoms with Gasteiger partial charge in [0.05, 0.1) is 4.90 Å². The number of sulfonamides is 1. The number of benzene rings is 1. The van der Waals surface area contributed by atoms with Gasteiger partial charge in [-0.3, -0.25) is 0 Å². The molecule has 1 fully saturated rings. The monoisotopic (exact) mass is 347 g/mol. The van der Waals surface area contributed by atoms with Crippen LogP contribution in [0.3, 0.4) is 0 Å². The van der Waals surface area contributed by atoms with Crippen LogP contribution in [0, 0.1) is 6.92 Å². The molecule has 0 saturated carbocycles. The van der Waals surface area contributed by atoms with Crippen LogP contribution in [0.15, 0.2) is 41.6 Å². The summed E-state index contributed by atoms with van der Waals surface area (Å²) in [5.74, 6) is 0.667. The normalized spacial score (nSPS) is 18.5. The number of hydrogen-bond donors (Lipinski definition) is 1. The molecule has 0 spiro atoms. The molecule has 1 aliphatic heterocycles. The zero-order valence-corrected chi connectivity index (χ0v) is 14.4. The average Bonchev–Trinajstić information content (AvgIpc) is 2.61. The fourth-order valence-corrected chi connectivity index (χ4v) is 3.94. The highest BCUT2D eigenvalue weighted by molar-refractivity contribution is 7.89. The summed E-state index contributed by atoms with van der Waals surface area (Å²) < 4.78 is 33.0. The highest BCUT2D eigenvalue weighted by Crippen LogP contribution is 2.24. The minimum Gasteiger partial charge on any atom is -0.370 e. The lowest BCUT2D eigenvalue weighted by Gasteiger charge is -2.21. The molecule has 1 aliphatic rings. The highest BCUT2D eigenvalue weighted by Gasteiger charge is 2.19. The Kier molecular flexibility index (Phi) is 5.23. The Hall–Kier alpha value is -1.83. The Balaban J connectivity index is 1.65. The van der Waals surface area contributed by atoms with Gasteiger partial charge >= 0.3 is 0 Å². The van der Waals surface area contributed by atoms with E-state index in [1.165, 1.54) is 0 Å². The first kappa shape index (κ1) is 17.0. The zero-order chi connectivity index (χ0) is 17.0. The second-order valence-corrected chi connectivity index (χ2v) is 7.63. The first-order valence-corrected chi connectivity index (χ1v) is 9.52. The minimum absolute atomic E-state index is 0.0449. The topological polar surface area (TPSA) is 81.2 Å². The third-order valence-electron chi connectivity index (χ3n) is 4.04. The molecule has 24 heavy (non-hydrogen) atoms. The molecule has 1 N–H and O–H groups in total. The van der Waals surface area contributed by atoms with E-state index in [4.69, 9.17) is 4.74 Å². The van der Waals surface area contributed by atoms with Crippen molar-refractivity contribution in [3.63, 3.8) is 0 Å². The second-order valence-electron chi connectivity index (χ2n) is 5.89. The molecule has 0 unspecified atom stereocenters. The Bertz CT molecular complexity index is 785. The van der Waals surface area contributed by atoms with Gasteiger partial charge in [-0.05, 0) is 37.8 Å². The fraction of sp³-hybridized carbons (Fsp3) is 0.412. The summed E-state index contributed by atoms with van der Waals surface area (Å²) in [6.45, 7) is 2.67. The van der Waals surface area contributed by atoms with E-state index in [-0.39, 0.29) is 17.5 Å². The van der Waals surface area contributed by atoms with Crippen LogP contribution in [0.5, 0.6) is 0 Å². The number of nitrogens with zero attached hydrogens (tertiary/aromatic N) is 2. The zero-order valence-electron chi connectivity index (χ0n) is 13.6. The predicted molar refractivity (Wildman–Crippen MR) is 89.8 cm³/mol. The average molecular weight is 347 g/mol. The Labute approximate surface area is 142 Å². The van der Waals surface area contributed by atoms with Gasteiger partial charge in [0, 0.05) is 31.1 Å². The van der Waals surface area contributed by atoms with Gasteiger partial charge in [-0.1, -0.05) is 18.2 Å². The highest BCUT2D eigenvalue weighted by atomic mass is 32.2. The first-order chi connectivity index (χ1) is 11.6. The van der Waals surface area contributed by atoms with Crippen molar-refractivity contribution in [3.8, 4) is 0 Å². The molecule has 3 rings (SSSR count). The Morgan fingerprint density at radius 3 is 2.62 bits per heavy atom. The molecule has 2 aromatic rings. The molecule has 1 aromatic carbocycles. The summed E-state index contributed by atoms with van der Waals surface area (Å²) in [5.41, 5.74) is 1.43. The maximum Gasteiger partial charge on any atom is 0.241 e. The largest absolute Gasteiger partial charge is 0.370 e. The SMILES string of the molecule is Cc1ccccc1S(=O)(=O)NCc1cnc([C@H]2CCCCO2)nc1. The summed E-state index contributed by atoms with van der Waals surface area (Å²) in [5, 5.41) is 0. The molecular weight excluding hydrogens is 326 g/mol. The van der Waals surface area contributed by atoms with Gasteiger partial charge < -0.3 is 4.74 Å². The van der Waals surface area contributed by atoms with Gasteiger partial charge in [-0.25, -0.2) is 23.1 Å². The number of ether oxygens (including phenoxy) is 1. The Morgan fingerprint density at radius 1 is 1.21 bits per heavy atom. The smallest absolute Gasteiger partial charge is 0.241 e. The van der Waals surface area contributed by atoms with Gasteiger partial charge in [0.15, 0.2) is 5.82 Å². The predicted octanol–water partition coefficient (Wildman–Crippen LogP) is 2.51. The van der Waals surface area contributed by atoms with E-state index in [0.29, 0.717) is 17.0 Å². The molecular formula is C17H21N3O3S. The van der Waals surface area contributed by atoms with E-state index in [0.717, 1.165) is 25.9 Å². The standard InChI is InChI=1S/C17H21N3O3S/c1-13-6-2-3-8-16(13)24(21,22)20-12-14-10-18-17(19-11-14)15-7-4-5-9-23-15/h2-3,6,8,10-11,15,20H,4-5,7,9,12H2,1H3/t15-/m1/s1. The summed E-state index contributed by atoms with van der Waals surface area (Å²) in [6, 6.07) is 6.90. The van der Waals surface area contributed by atoms with Crippen LogP contribution in [0.25, 0.3) is 0 Å². The van der Waals surface area contributed by atoms with Crippen LogP contribution in [-0.4, -0.2) is 25.0 Å². The lowest BCUT2D eigenvalue weighted by molar-refractivity contribution is 0.00940. The molecule has 6 nitrogen and oxygen atoms in total. The molecule has 0 bridgehead atoms. The molecule has 1 atom stereocenters. The third kappa shape index (κ3) is 3.98. The quantitative estimate of drug-likeness (QED) is 0.899. The number of rotatable bonds is 5. The van der Waals surface area contributed by atoms with Crippen LogP contribution in [0.1, 0.15) is 42.3 Å². The van der Waals surface area contributed by atoms with Crippen molar-refractivity contribution >= 4 is 10.0 Å². The van der Waals surface area contributed by atoms with Crippen molar-refractivity contribution in [1.82, 2.24) is 14.7 Å². The van der Waals surface area contributed by atoms with E-state index in [1.807, 2.05) is 6.07 Å². The Morgan fingerprint density at radius 2 is 1.96 bits per heavy atom. The van der Waals surface area contributed by atoms with Crippen molar-refractivity contribution in [2.45, 2.75) is 43.7 Å². The van der Waals surface area contributed by atoms with Crippen LogP contribution in [0.2, 0.25) is 0 Å². The maximum absolute atomic E-state index is 12.4. The van der Waals surface area contributed by atoms with Gasteiger partial charge in [0.1, 0.15) is 6.10 Å². The number of aryl methyl sites for hydroxylation is 1. The van der Waals surface area contributed by atoms with E-state index in [2.05, 4.69) is 14.7 Å². The molecule has 1 saturated heterocycles. The van der Waals surface area contributed by atoms with Crippen molar-refractivity contribution in [2.24, 2.45) is 0 Å². The van der Waals surface area contributed by atoms with Gasteiger partial charge in [0.2, 0.25) is 10.0 Å². The second kappa shape index (κ2) is 7.38. The minimum atomic E-state index is -3.55. The summed E-state index contributed by atoms with van der Waals surface area (Å²) in [4.78, 5) is 8.93. The fourth-order valence-electron chi connectivity index (χ4n) is 2.68. The molecule has 1 aromatic heterocycles. The molecule has 0 radical (unpaired) electrons. The van der Waals surface area contributed by atoms with E-state index in [9.17, 15) is 8.42 Å². The van der Waals surface area contributed by atoms with Crippen molar-refractivity contribution in [1.29, 1.82) is 0 Å². The van der Waals surface area contributed by atoms with Crippen molar-refractivity contribution < 1.29 is 13.2 Å². The first-order valence-electron chi connectivity index (χ1n) is 8.04. The molecule has 7 heteroatoms. The van der Waals surface area contributed by atoms with Crippen molar-refractivity contribution in [3.05, 3.63) is 53.6 Å². The van der Waals surface area contributed by atoms with Crippen LogP contribution in [0.4, 0.5) is 0 Å². The van der Waals surface area contributed by atoms with Crippen LogP contribution < -0.4 is 4.72 Å². The summed E-state index contributed by atoms with van der Waals surface area (Å²) in [6.07, 6.45) is 6.39. The van der Waals surface area contributed by atoms with Gasteiger partial charge in [-0.15, -0.1) is 0 Å². The number of nitrogens with one attached hydrogen (secondary N) is 1. The molecule has 0 amide bonds. The lowest BCUT2D eigenvalue weighted by atomic mass is 10.1. The van der Waals surface area contributed by atoms with Gasteiger partial charge in [0.25, 0.3) is 0 Å². The van der Waals surface area contributed by atoms with Crippen LogP contribution >= 0.6 is 0 Å². The molecule has 2 heterocycles. The molecule has 0 aliphatic carbocycles. The lowest BCUT2D eigenvalue weighted by Crippen LogP contribution is -2.24. The van der Waals surface area contributed by atoms with E-state index >= 15 is 0 Å². The summed E-state index contributed by atoms with van der Waals surface area (Å²) >= 11 is 0. The van der Waals surface area contributed by atoms with Crippen molar-refractivity contribution in [2.75, 3.05) is 6.61 Å². The van der Waals surface area contributed by atoms with Gasteiger partial charge in [-0.2, -0.15) is 0 Å². The number of aromatic nitrogens is 2. The maximum atomic E-state index is 12.4. The van der Waals surface area contributed by atoms with Crippen LogP contribution in [-0.2, 0) is 21.3 Å². The number of hydrogen-bond acceptors (Lipinski definition) is 5.